The molecule has 1 atom stereocenters. The summed E-state index contributed by atoms with van der Waals surface area (Å²) in [6, 6.07) is 12.0. The Kier molecular flexibility index (Phi) is 3.81. The molecule has 5 nitrogen and oxygen atoms in total. The maximum absolute atomic E-state index is 12.9. The second kappa shape index (κ2) is 6.34. The minimum atomic E-state index is -0.130. The molecule has 0 radical (unpaired) electrons. The number of hydrogen-bond acceptors (Lipinski definition) is 5. The number of anilines is 1. The van der Waals surface area contributed by atoms with Crippen molar-refractivity contribution in [3.8, 4) is 17.2 Å². The van der Waals surface area contributed by atoms with Crippen LogP contribution in [0.3, 0.4) is 0 Å². The number of benzene rings is 2. The van der Waals surface area contributed by atoms with E-state index in [0.29, 0.717) is 19.6 Å². The van der Waals surface area contributed by atoms with E-state index in [2.05, 4.69) is 11.4 Å². The van der Waals surface area contributed by atoms with Crippen LogP contribution in [0.25, 0.3) is 0 Å². The fourth-order valence-corrected chi connectivity index (χ4v) is 4.27. The van der Waals surface area contributed by atoms with Gasteiger partial charge in [0.1, 0.15) is 19.0 Å². The fourth-order valence-electron chi connectivity index (χ4n) is 4.27. The first-order valence-corrected chi connectivity index (χ1v) is 9.35. The third-order valence-electron chi connectivity index (χ3n) is 5.48. The van der Waals surface area contributed by atoms with Gasteiger partial charge in [0, 0.05) is 35.4 Å². The molecule has 0 fully saturated rings. The van der Waals surface area contributed by atoms with Crippen LogP contribution in [0.2, 0.25) is 0 Å². The summed E-state index contributed by atoms with van der Waals surface area (Å²) >= 11 is 0. The standard InChI is InChI=1S/C22H21NO4/c1-25-14-5-2-4-13(10-14)21-15-11-19-20(27-9-8-26-19)12-17(15)23-16-6-3-7-18(24)22(16)21/h2,4-5,10-12,21,23H,3,6-9H2,1H3. The number of carbonyl (C=O) groups is 1. The number of methoxy groups -OCH3 is 1. The van der Waals surface area contributed by atoms with Crippen molar-refractivity contribution in [3.05, 3.63) is 58.8 Å². The topological polar surface area (TPSA) is 56.8 Å². The molecule has 2 aliphatic heterocycles. The molecule has 0 aromatic heterocycles. The van der Waals surface area contributed by atoms with Gasteiger partial charge in [-0.3, -0.25) is 4.79 Å². The monoisotopic (exact) mass is 363 g/mol. The molecule has 5 rings (SSSR count). The van der Waals surface area contributed by atoms with E-state index in [4.69, 9.17) is 14.2 Å². The van der Waals surface area contributed by atoms with Crippen molar-refractivity contribution in [1.29, 1.82) is 0 Å². The summed E-state index contributed by atoms with van der Waals surface area (Å²) in [6.45, 7) is 1.09. The molecular weight excluding hydrogens is 342 g/mol. The maximum Gasteiger partial charge on any atom is 0.163 e. The lowest BCUT2D eigenvalue weighted by atomic mass is 9.75. The zero-order valence-corrected chi connectivity index (χ0v) is 15.2. The van der Waals surface area contributed by atoms with Gasteiger partial charge in [0.2, 0.25) is 0 Å². The zero-order valence-electron chi connectivity index (χ0n) is 15.2. The van der Waals surface area contributed by atoms with Crippen LogP contribution in [0, 0.1) is 0 Å². The van der Waals surface area contributed by atoms with E-state index in [1.54, 1.807) is 7.11 Å². The number of fused-ring (bicyclic) bond motifs is 2. The van der Waals surface area contributed by atoms with Crippen LogP contribution in [-0.2, 0) is 4.79 Å². The highest BCUT2D eigenvalue weighted by Gasteiger charge is 2.36. The van der Waals surface area contributed by atoms with E-state index in [1.165, 1.54) is 0 Å². The van der Waals surface area contributed by atoms with Gasteiger partial charge in [0.05, 0.1) is 7.11 Å². The van der Waals surface area contributed by atoms with Gasteiger partial charge in [0.15, 0.2) is 17.3 Å². The largest absolute Gasteiger partial charge is 0.497 e. The van der Waals surface area contributed by atoms with E-state index in [0.717, 1.165) is 58.2 Å². The number of carbonyl (C=O) groups excluding carboxylic acids is 1. The summed E-state index contributed by atoms with van der Waals surface area (Å²) < 4.78 is 17.0. The Bertz CT molecular complexity index is 963. The van der Waals surface area contributed by atoms with Crippen LogP contribution >= 0.6 is 0 Å². The highest BCUT2D eigenvalue weighted by molar-refractivity contribution is 6.01. The van der Waals surface area contributed by atoms with Gasteiger partial charge >= 0.3 is 0 Å². The Balaban J connectivity index is 1.72. The fraction of sp³-hybridized carbons (Fsp3) is 0.318. The van der Waals surface area contributed by atoms with Crippen LogP contribution in [0.5, 0.6) is 17.2 Å². The van der Waals surface area contributed by atoms with Crippen molar-refractivity contribution >= 4 is 11.5 Å². The molecule has 27 heavy (non-hydrogen) atoms. The van der Waals surface area contributed by atoms with E-state index < -0.39 is 0 Å². The van der Waals surface area contributed by atoms with Gasteiger partial charge < -0.3 is 19.5 Å². The number of Topliss-reactive ketones (excluding diaryl/α,β-unsaturated/α-hetero) is 1. The highest BCUT2D eigenvalue weighted by atomic mass is 16.6. The number of hydrogen-bond donors (Lipinski definition) is 1. The SMILES string of the molecule is COc1cccc(C2C3=C(CCCC3=O)Nc3cc4c(cc32)OCCO4)c1. The van der Waals surface area contributed by atoms with Gasteiger partial charge in [-0.2, -0.15) is 0 Å². The average Bonchev–Trinajstić information content (AvgIpc) is 2.71. The average molecular weight is 363 g/mol. The van der Waals surface area contributed by atoms with Gasteiger partial charge in [-0.05, 0) is 42.2 Å². The summed E-state index contributed by atoms with van der Waals surface area (Å²) in [7, 11) is 1.66. The molecule has 0 saturated heterocycles. The molecular formula is C22H21NO4. The van der Waals surface area contributed by atoms with Gasteiger partial charge in [-0.1, -0.05) is 12.1 Å². The lowest BCUT2D eigenvalue weighted by Gasteiger charge is -2.35. The lowest BCUT2D eigenvalue weighted by molar-refractivity contribution is -0.116. The molecule has 0 spiro atoms. The third-order valence-corrected chi connectivity index (χ3v) is 5.48. The highest BCUT2D eigenvalue weighted by Crippen LogP contribution is 2.49. The molecule has 1 unspecified atom stereocenters. The molecule has 1 N–H and O–H groups in total. The maximum atomic E-state index is 12.9. The Hall–Kier alpha value is -2.95. The quantitative estimate of drug-likeness (QED) is 0.873. The molecule has 1 aliphatic carbocycles. The number of ketones is 1. The van der Waals surface area contributed by atoms with Crippen molar-refractivity contribution in [1.82, 2.24) is 0 Å². The Morgan fingerprint density at radius 3 is 2.70 bits per heavy atom. The number of allylic oxidation sites excluding steroid dienone is 2. The first-order chi connectivity index (χ1) is 13.2. The molecule has 0 bridgehead atoms. The Morgan fingerprint density at radius 1 is 1.07 bits per heavy atom. The number of nitrogens with one attached hydrogen (secondary N) is 1. The van der Waals surface area contributed by atoms with Gasteiger partial charge in [-0.25, -0.2) is 0 Å². The molecule has 2 aromatic carbocycles. The molecule has 0 saturated carbocycles. The molecule has 2 aromatic rings. The summed E-state index contributed by atoms with van der Waals surface area (Å²) in [5.41, 5.74) is 4.99. The summed E-state index contributed by atoms with van der Waals surface area (Å²) in [5, 5.41) is 3.50. The predicted octanol–water partition coefficient (Wildman–Crippen LogP) is 4.03. The van der Waals surface area contributed by atoms with E-state index in [9.17, 15) is 4.79 Å². The van der Waals surface area contributed by atoms with Crippen LogP contribution in [0.15, 0.2) is 47.7 Å². The van der Waals surface area contributed by atoms with Crippen molar-refractivity contribution < 1.29 is 19.0 Å². The third kappa shape index (κ3) is 2.65. The minimum Gasteiger partial charge on any atom is -0.497 e. The first kappa shape index (κ1) is 16.2. The molecule has 0 amide bonds. The van der Waals surface area contributed by atoms with Crippen LogP contribution in [0.1, 0.15) is 36.3 Å². The van der Waals surface area contributed by atoms with E-state index in [-0.39, 0.29) is 11.7 Å². The summed E-state index contributed by atoms with van der Waals surface area (Å²) in [6.07, 6.45) is 2.37. The molecule has 2 heterocycles. The van der Waals surface area contributed by atoms with Crippen molar-refractivity contribution in [2.24, 2.45) is 0 Å². The molecule has 138 valence electrons. The zero-order chi connectivity index (χ0) is 18.4. The summed E-state index contributed by atoms with van der Waals surface area (Å²) in [4.78, 5) is 12.9. The number of ether oxygens (including phenoxy) is 3. The smallest absolute Gasteiger partial charge is 0.163 e. The van der Waals surface area contributed by atoms with E-state index in [1.807, 2.05) is 30.3 Å². The second-order valence-electron chi connectivity index (χ2n) is 7.09. The normalized spacial score (nSPS) is 20.5. The molecule has 5 heteroatoms. The minimum absolute atomic E-state index is 0.130. The first-order valence-electron chi connectivity index (χ1n) is 9.35. The predicted molar refractivity (Wildman–Crippen MR) is 102 cm³/mol. The van der Waals surface area contributed by atoms with Crippen LogP contribution in [-0.4, -0.2) is 26.1 Å². The number of rotatable bonds is 2. The van der Waals surface area contributed by atoms with Gasteiger partial charge in [-0.15, -0.1) is 0 Å². The lowest BCUT2D eigenvalue weighted by Crippen LogP contribution is -2.27. The van der Waals surface area contributed by atoms with Crippen molar-refractivity contribution in [2.45, 2.75) is 25.2 Å². The Labute approximate surface area is 157 Å². The van der Waals surface area contributed by atoms with E-state index >= 15 is 0 Å². The van der Waals surface area contributed by atoms with Gasteiger partial charge in [0.25, 0.3) is 0 Å². The van der Waals surface area contributed by atoms with Crippen molar-refractivity contribution in [2.75, 3.05) is 25.6 Å². The molecule has 3 aliphatic rings. The summed E-state index contributed by atoms with van der Waals surface area (Å²) in [5.74, 6) is 2.37. The van der Waals surface area contributed by atoms with Crippen LogP contribution in [0.4, 0.5) is 5.69 Å². The second-order valence-corrected chi connectivity index (χ2v) is 7.09. The van der Waals surface area contributed by atoms with Crippen molar-refractivity contribution in [3.63, 3.8) is 0 Å². The van der Waals surface area contributed by atoms with Crippen LogP contribution < -0.4 is 19.5 Å². The Morgan fingerprint density at radius 2 is 1.89 bits per heavy atom.